The number of hydrogen-bond acceptors (Lipinski definition) is 15. The zero-order valence-corrected chi connectivity index (χ0v) is 54.1. The minimum absolute atomic E-state index is 0.0982. The van der Waals surface area contributed by atoms with Gasteiger partial charge in [-0.3, -0.25) is 28.9 Å². The van der Waals surface area contributed by atoms with E-state index in [0.29, 0.717) is 73.9 Å². The fourth-order valence-electron chi connectivity index (χ4n) is 12.0. The van der Waals surface area contributed by atoms with Gasteiger partial charge in [-0.1, -0.05) is 64.5 Å². The van der Waals surface area contributed by atoms with Crippen molar-refractivity contribution in [2.75, 3.05) is 49.5 Å². The van der Waals surface area contributed by atoms with Crippen LogP contribution in [-0.4, -0.2) is 150 Å². The fraction of sp³-hybridized carbons (Fsp3) is 0.418. The third-order valence-corrected chi connectivity index (χ3v) is 17.5. The number of likely N-dealkylation sites (tertiary alicyclic amines) is 1. The Hall–Kier alpha value is -9.43. The molecule has 3 fully saturated rings. The summed E-state index contributed by atoms with van der Waals surface area (Å²) in [4.78, 5) is 94.0. The van der Waals surface area contributed by atoms with Gasteiger partial charge in [0.25, 0.3) is 5.91 Å². The molecule has 26 heteroatoms. The van der Waals surface area contributed by atoms with Crippen molar-refractivity contribution in [2.45, 2.75) is 116 Å². The summed E-state index contributed by atoms with van der Waals surface area (Å²) in [6.07, 6.45) is 6.96. The van der Waals surface area contributed by atoms with Crippen LogP contribution in [0.25, 0.3) is 33.9 Å². The normalized spacial score (nSPS) is 17.9. The number of carboxylic acid groups (broad SMARTS) is 1. The van der Waals surface area contributed by atoms with E-state index in [4.69, 9.17) is 15.6 Å². The van der Waals surface area contributed by atoms with E-state index in [9.17, 15) is 33.6 Å². The Labute approximate surface area is 548 Å². The maximum Gasteiger partial charge on any atom is 0.407 e. The first kappa shape index (κ1) is 67.9. The summed E-state index contributed by atoms with van der Waals surface area (Å²) in [5.41, 5.74) is 12.1. The molecule has 0 bridgehead atoms. The zero-order valence-electron chi connectivity index (χ0n) is 52.5. The Kier molecular flexibility index (Phi) is 23.9. The predicted molar refractivity (Wildman–Crippen MR) is 353 cm³/mol. The number of ether oxygens (including phenoxy) is 1. The van der Waals surface area contributed by atoms with Gasteiger partial charge in [-0.2, -0.15) is 10.4 Å². The van der Waals surface area contributed by atoms with E-state index in [1.807, 2.05) is 93.6 Å². The molecule has 0 unspecified atom stereocenters. The second-order valence-corrected chi connectivity index (χ2v) is 25.8. The zero-order chi connectivity index (χ0) is 65.9. The van der Waals surface area contributed by atoms with Crippen molar-refractivity contribution in [1.29, 1.82) is 0 Å². The summed E-state index contributed by atoms with van der Waals surface area (Å²) < 4.78 is 6.21. The van der Waals surface area contributed by atoms with Gasteiger partial charge < -0.3 is 47.1 Å². The number of hydrogen-bond donors (Lipinski definition) is 9. The third-order valence-electron chi connectivity index (χ3n) is 17.0. The molecule has 2 saturated carbocycles. The molecular weight excluding hydrogens is 1250 g/mol. The summed E-state index contributed by atoms with van der Waals surface area (Å²) in [6, 6.07) is 35.3. The van der Waals surface area contributed by atoms with Crippen LogP contribution < -0.4 is 37.2 Å². The number of carbonyl (C=O) groups excluding carboxylic acids is 6. The van der Waals surface area contributed by atoms with E-state index in [2.05, 4.69) is 88.7 Å². The highest BCUT2D eigenvalue weighted by molar-refractivity contribution is 9.10. The smallest absolute Gasteiger partial charge is 0.407 e. The van der Waals surface area contributed by atoms with Crippen LogP contribution in [0.4, 0.5) is 21.0 Å². The van der Waals surface area contributed by atoms with E-state index in [0.717, 1.165) is 83.2 Å². The Morgan fingerprint density at radius 3 is 1.82 bits per heavy atom. The number of primary amides is 1. The molecule has 0 spiro atoms. The Balaban J connectivity index is 0.000000226. The average molecular weight is 1330 g/mol. The topological polar surface area (TPSA) is 351 Å². The van der Waals surface area contributed by atoms with Crippen LogP contribution >= 0.6 is 15.9 Å². The third kappa shape index (κ3) is 20.3. The molecule has 1 saturated heterocycles. The monoisotopic (exact) mass is 1330 g/mol. The average Bonchev–Trinajstić information content (AvgIpc) is 1.43. The number of amides is 7. The summed E-state index contributed by atoms with van der Waals surface area (Å²) in [5, 5.41) is 51.2. The molecule has 3 heterocycles. The van der Waals surface area contributed by atoms with Gasteiger partial charge in [-0.15, -0.1) is 20.4 Å². The van der Waals surface area contributed by atoms with E-state index in [-0.39, 0.29) is 60.1 Å². The van der Waals surface area contributed by atoms with Gasteiger partial charge in [0.15, 0.2) is 0 Å². The number of H-pyrrole nitrogens is 2. The molecule has 490 valence electrons. The first-order valence-electron chi connectivity index (χ1n) is 31.6. The minimum Gasteiger partial charge on any atom is -0.465 e. The second-order valence-electron chi connectivity index (χ2n) is 24.9. The van der Waals surface area contributed by atoms with E-state index in [1.165, 1.54) is 12.8 Å². The van der Waals surface area contributed by atoms with Gasteiger partial charge in [0, 0.05) is 83.4 Å². The molecule has 25 nitrogen and oxygen atoms in total. The molecule has 10 N–H and O–H groups in total. The maximum atomic E-state index is 14.1. The van der Waals surface area contributed by atoms with Crippen molar-refractivity contribution < 1.29 is 43.4 Å². The van der Waals surface area contributed by atoms with Crippen LogP contribution in [0.3, 0.4) is 0 Å². The molecule has 2 aromatic heterocycles. The van der Waals surface area contributed by atoms with Gasteiger partial charge in [0.1, 0.15) is 17.7 Å². The first-order valence-corrected chi connectivity index (χ1v) is 32.4. The van der Waals surface area contributed by atoms with Crippen molar-refractivity contribution in [3.63, 3.8) is 0 Å². The van der Waals surface area contributed by atoms with Gasteiger partial charge in [0.2, 0.25) is 35.3 Å². The van der Waals surface area contributed by atoms with E-state index in [1.54, 1.807) is 53.4 Å². The van der Waals surface area contributed by atoms with Crippen LogP contribution in [0.2, 0.25) is 0 Å². The van der Waals surface area contributed by atoms with Crippen molar-refractivity contribution >= 4 is 69.0 Å². The van der Waals surface area contributed by atoms with Crippen LogP contribution in [-0.2, 0) is 36.8 Å². The van der Waals surface area contributed by atoms with E-state index >= 15 is 0 Å². The van der Waals surface area contributed by atoms with Crippen LogP contribution in [0.1, 0.15) is 106 Å². The largest absolute Gasteiger partial charge is 0.465 e. The summed E-state index contributed by atoms with van der Waals surface area (Å²) in [6.45, 7) is 9.99. The van der Waals surface area contributed by atoms with E-state index < -0.39 is 35.8 Å². The summed E-state index contributed by atoms with van der Waals surface area (Å²) in [5.74, 6) is -0.654. The lowest BCUT2D eigenvalue weighted by Gasteiger charge is -2.36. The lowest BCUT2D eigenvalue weighted by atomic mass is 9.81. The molecule has 5 aromatic carbocycles. The van der Waals surface area contributed by atoms with Gasteiger partial charge >= 0.3 is 12.2 Å². The molecule has 10 rings (SSSR count). The lowest BCUT2D eigenvalue weighted by Crippen LogP contribution is -2.52. The number of halogens is 1. The number of nitrogens with two attached hydrogens (primary N) is 1. The van der Waals surface area contributed by atoms with Crippen molar-refractivity contribution in [2.24, 2.45) is 29.4 Å². The highest BCUT2D eigenvalue weighted by Gasteiger charge is 2.37. The SMILES string of the molecule is CC(C)(C)OC(=O)NCC1CCC(C(=O)N(c2ccc(-c3nn[nH]n3)cc2)[C@@H](Cc2cccc(Br)c2)C(N)=O)CC1.O=C(O)NCC1CCC(C(=O)N[C@@H](Cc2cccc(-c3ccc(C(=O)NCCN4CCCC4)cc3)c2)C(=O)Nc2ccc(-c3nn[nH]n3)cc2)CC1. The number of tetrazole rings is 2. The van der Waals surface area contributed by atoms with Gasteiger partial charge in [-0.25, -0.2) is 9.59 Å². The van der Waals surface area contributed by atoms with Crippen LogP contribution in [0, 0.1) is 23.7 Å². The highest BCUT2D eigenvalue weighted by Crippen LogP contribution is 2.34. The number of nitrogens with zero attached hydrogens (tertiary/aromatic N) is 8. The molecule has 2 atom stereocenters. The predicted octanol–water partition coefficient (Wildman–Crippen LogP) is 8.49. The molecule has 7 amide bonds. The van der Waals surface area contributed by atoms with Gasteiger partial charge in [0.05, 0.1) is 0 Å². The number of nitrogens with one attached hydrogen (secondary N) is 7. The van der Waals surface area contributed by atoms with Gasteiger partial charge in [-0.05, 0) is 215 Å². The molecule has 2 aliphatic carbocycles. The summed E-state index contributed by atoms with van der Waals surface area (Å²) >= 11 is 3.48. The standard InChI is InChI=1S/C38H45N9O5.C29H36BrN7O4/c48-35(39-18-21-47-19-1-2-20-47)29-12-10-27(11-13-29)31-5-3-4-26(22-31)23-33(42-36(49)30-8-6-25(7-9-30)24-40-38(51)52)37(50)41-32-16-14-28(15-17-32)34-43-45-46-44-34;1-29(2,3)41-28(40)32-17-18-7-9-21(10-8-18)27(39)37(23-13-11-20(12-14-23)26-33-35-36-34-26)24(25(31)38)16-19-5-4-6-22(30)15-19/h3-5,10-17,22,25,30,33,40H,1-2,6-9,18-21,23-24H2,(H,39,48)(H,41,50)(H,42,49)(H,51,52)(H,43,44,45,46);4-6,11-15,18,21,24H,7-10,16-17H2,1-3H3,(H2,31,38)(H,32,40)(H,33,34,35,36)/t25?,30?,33-;18?,21?,24-/m00/s1. The van der Waals surface area contributed by atoms with Crippen LogP contribution in [0.15, 0.2) is 126 Å². The van der Waals surface area contributed by atoms with Crippen molar-refractivity contribution in [1.82, 2.24) is 67.4 Å². The number of aromatic nitrogens is 8. The summed E-state index contributed by atoms with van der Waals surface area (Å²) in [7, 11) is 0. The lowest BCUT2D eigenvalue weighted by molar-refractivity contribution is -0.130. The molecule has 7 aromatic rings. The molecule has 93 heavy (non-hydrogen) atoms. The molecular formula is C67H81BrN16O9. The Morgan fingerprint density at radius 2 is 1.25 bits per heavy atom. The molecule has 3 aliphatic rings. The number of aromatic amines is 2. The maximum absolute atomic E-state index is 14.1. The Bertz CT molecular complexity index is 3610. The quantitative estimate of drug-likeness (QED) is 0.0290. The number of carbonyl (C=O) groups is 7. The van der Waals surface area contributed by atoms with Crippen LogP contribution in [0.5, 0.6) is 0 Å². The fourth-order valence-corrected chi connectivity index (χ4v) is 12.5. The molecule has 0 radical (unpaired) electrons. The molecule has 1 aliphatic heterocycles. The first-order chi connectivity index (χ1) is 44.8. The number of rotatable bonds is 23. The highest BCUT2D eigenvalue weighted by atomic mass is 79.9. The number of benzene rings is 5. The Morgan fingerprint density at radius 1 is 0.677 bits per heavy atom. The minimum atomic E-state index is -1.05. The van der Waals surface area contributed by atoms with Crippen molar-refractivity contribution in [3.05, 3.63) is 142 Å². The number of alkyl carbamates (subject to hydrolysis) is 1. The second kappa shape index (κ2) is 32.7. The number of anilines is 2. The van der Waals surface area contributed by atoms with Crippen molar-refractivity contribution in [3.8, 4) is 33.9 Å².